The van der Waals surface area contributed by atoms with Gasteiger partial charge in [-0.25, -0.2) is 15.0 Å². The first-order chi connectivity index (χ1) is 14.3. The van der Waals surface area contributed by atoms with Crippen LogP contribution in [0.5, 0.6) is 0 Å². The molecule has 29 heavy (non-hydrogen) atoms. The largest absolute Gasteiger partial charge is 0.444 e. The van der Waals surface area contributed by atoms with Gasteiger partial charge in [-0.3, -0.25) is 4.72 Å². The van der Waals surface area contributed by atoms with Crippen molar-refractivity contribution in [2.45, 2.75) is 30.0 Å². The van der Waals surface area contributed by atoms with Crippen molar-refractivity contribution in [2.24, 2.45) is 0 Å². The van der Waals surface area contributed by atoms with E-state index < -0.39 is 0 Å². The molecule has 0 spiro atoms. The lowest BCUT2D eigenvalue weighted by Gasteiger charge is -2.37. The Bertz CT molecular complexity index is 1180. The Balaban J connectivity index is 1.26. The van der Waals surface area contributed by atoms with Crippen LogP contribution in [0.1, 0.15) is 18.4 Å². The number of hydrogen-bond donors (Lipinski definition) is 3. The summed E-state index contributed by atoms with van der Waals surface area (Å²) in [6, 6.07) is 8.34. The summed E-state index contributed by atoms with van der Waals surface area (Å²) in [6.45, 7) is 0. The lowest BCUT2D eigenvalue weighted by molar-refractivity contribution is 0.355. The van der Waals surface area contributed by atoms with Crippen molar-refractivity contribution >= 4 is 28.7 Å². The number of oxazole rings is 1. The Hall–Kier alpha value is -3.35. The van der Waals surface area contributed by atoms with Gasteiger partial charge in [-0.1, -0.05) is 0 Å². The molecule has 1 aliphatic rings. The second kappa shape index (κ2) is 7.58. The summed E-state index contributed by atoms with van der Waals surface area (Å²) in [7, 11) is 0. The van der Waals surface area contributed by atoms with E-state index in [1.165, 1.54) is 11.9 Å². The average Bonchev–Trinajstić information content (AvgIpc) is 3.41. The molecule has 0 atom stereocenters. The van der Waals surface area contributed by atoms with Crippen molar-refractivity contribution < 1.29 is 4.42 Å². The number of H-pyrrole nitrogens is 1. The summed E-state index contributed by atoms with van der Waals surface area (Å²) < 4.78 is 8.93. The van der Waals surface area contributed by atoms with Gasteiger partial charge in [0, 0.05) is 36.1 Å². The van der Waals surface area contributed by atoms with Crippen LogP contribution in [0, 0.1) is 11.3 Å². The monoisotopic (exact) mass is 403 g/mol. The molecule has 9 heteroatoms. The minimum absolute atomic E-state index is 0.334. The number of aromatic amines is 1. The summed E-state index contributed by atoms with van der Waals surface area (Å²) in [4.78, 5) is 16.2. The summed E-state index contributed by atoms with van der Waals surface area (Å²) >= 11 is 1.47. The van der Waals surface area contributed by atoms with E-state index in [2.05, 4.69) is 36.0 Å². The lowest BCUT2D eigenvalue weighted by atomic mass is 9.87. The van der Waals surface area contributed by atoms with Crippen LogP contribution in [-0.2, 0) is 0 Å². The molecule has 4 heterocycles. The first-order valence-corrected chi connectivity index (χ1v) is 10.0. The molecule has 8 nitrogen and oxygen atoms in total. The van der Waals surface area contributed by atoms with Crippen molar-refractivity contribution in [1.29, 1.82) is 5.26 Å². The van der Waals surface area contributed by atoms with E-state index in [9.17, 15) is 0 Å². The molecule has 0 radical (unpaired) electrons. The molecule has 0 saturated heterocycles. The smallest absolute Gasteiger partial charge is 0.229 e. The summed E-state index contributed by atoms with van der Waals surface area (Å²) in [5, 5.41) is 14.4. The van der Waals surface area contributed by atoms with Crippen LogP contribution in [0.4, 0.5) is 5.69 Å². The third-order valence-corrected chi connectivity index (χ3v) is 5.81. The highest BCUT2D eigenvalue weighted by Gasteiger charge is 2.30. The van der Waals surface area contributed by atoms with Crippen LogP contribution in [0.25, 0.3) is 22.5 Å². The first-order valence-electron chi connectivity index (χ1n) is 9.21. The Labute approximate surface area is 170 Å². The highest BCUT2D eigenvalue weighted by Crippen LogP contribution is 2.36. The van der Waals surface area contributed by atoms with Crippen LogP contribution < -0.4 is 10.0 Å². The maximum atomic E-state index is 8.99. The van der Waals surface area contributed by atoms with E-state index in [1.54, 1.807) is 37.0 Å². The van der Waals surface area contributed by atoms with E-state index in [-0.39, 0.29) is 0 Å². The Morgan fingerprint density at radius 3 is 2.93 bits per heavy atom. The molecule has 0 bridgehead atoms. The third kappa shape index (κ3) is 3.55. The van der Waals surface area contributed by atoms with Gasteiger partial charge in [-0.15, -0.1) is 0 Å². The molecule has 144 valence electrons. The summed E-state index contributed by atoms with van der Waals surface area (Å²) in [5.74, 6) is 0.552. The number of nitriles is 1. The molecule has 0 aromatic carbocycles. The SMILES string of the molecule is N#Cc1ccnc(SNC2CC(Nc3c(-c4ncco4)cnc4[nH]ccc34)C2)c1. The molecular formula is C20H17N7OS. The highest BCUT2D eigenvalue weighted by molar-refractivity contribution is 7.97. The molecule has 0 amide bonds. The topological polar surface area (TPSA) is 115 Å². The molecule has 4 aromatic rings. The van der Waals surface area contributed by atoms with Gasteiger partial charge in [0.15, 0.2) is 0 Å². The lowest BCUT2D eigenvalue weighted by Crippen LogP contribution is -2.45. The van der Waals surface area contributed by atoms with Crippen molar-refractivity contribution in [2.75, 3.05) is 5.32 Å². The molecule has 3 N–H and O–H groups in total. The normalized spacial score (nSPS) is 18.3. The molecule has 0 aliphatic heterocycles. The van der Waals surface area contributed by atoms with E-state index in [1.807, 2.05) is 12.3 Å². The Morgan fingerprint density at radius 1 is 1.17 bits per heavy atom. The first kappa shape index (κ1) is 17.7. The average molecular weight is 403 g/mol. The molecule has 5 rings (SSSR count). The maximum Gasteiger partial charge on any atom is 0.229 e. The Morgan fingerprint density at radius 2 is 2.10 bits per heavy atom. The van der Waals surface area contributed by atoms with Crippen molar-refractivity contribution in [3.63, 3.8) is 0 Å². The Kier molecular flexibility index (Phi) is 4.63. The number of nitrogens with zero attached hydrogens (tertiary/aromatic N) is 4. The van der Waals surface area contributed by atoms with Crippen molar-refractivity contribution in [1.82, 2.24) is 24.7 Å². The molecule has 1 saturated carbocycles. The fraction of sp³-hybridized carbons (Fsp3) is 0.200. The third-order valence-electron chi connectivity index (χ3n) is 4.93. The standard InChI is InChI=1S/C20H17N7OS/c21-10-12-1-3-22-17(7-12)29-27-14-8-13(9-14)26-18-15-2-4-23-19(15)25-11-16(18)20-24-5-6-28-20/h1-7,11,13-14,27H,8-9H2,(H2,23,25,26). The molecule has 0 unspecified atom stereocenters. The van der Waals surface area contributed by atoms with Crippen LogP contribution in [0.15, 0.2) is 58.7 Å². The molecule has 1 aliphatic carbocycles. The number of rotatable bonds is 6. The zero-order valence-electron chi connectivity index (χ0n) is 15.3. The van der Waals surface area contributed by atoms with E-state index in [0.29, 0.717) is 23.5 Å². The van der Waals surface area contributed by atoms with Gasteiger partial charge in [-0.05, 0) is 43.0 Å². The van der Waals surface area contributed by atoms with Gasteiger partial charge in [0.05, 0.1) is 29.1 Å². The number of aromatic nitrogens is 4. The predicted molar refractivity (Wildman–Crippen MR) is 110 cm³/mol. The van der Waals surface area contributed by atoms with E-state index in [0.717, 1.165) is 40.2 Å². The molecular weight excluding hydrogens is 386 g/mol. The van der Waals surface area contributed by atoms with Crippen LogP contribution >= 0.6 is 11.9 Å². The fourth-order valence-corrected chi connectivity index (χ4v) is 4.18. The van der Waals surface area contributed by atoms with Crippen LogP contribution in [0.3, 0.4) is 0 Å². The van der Waals surface area contributed by atoms with Crippen LogP contribution in [-0.4, -0.2) is 32.0 Å². The number of anilines is 1. The number of hydrogen-bond acceptors (Lipinski definition) is 8. The quantitative estimate of drug-likeness (QED) is 0.417. The maximum absolute atomic E-state index is 8.99. The second-order valence-electron chi connectivity index (χ2n) is 6.85. The molecule has 1 fully saturated rings. The van der Waals surface area contributed by atoms with Crippen molar-refractivity contribution in [3.8, 4) is 17.5 Å². The van der Waals surface area contributed by atoms with Gasteiger partial charge in [0.2, 0.25) is 5.89 Å². The van der Waals surface area contributed by atoms with Gasteiger partial charge < -0.3 is 14.7 Å². The van der Waals surface area contributed by atoms with Crippen molar-refractivity contribution in [3.05, 3.63) is 54.8 Å². The van der Waals surface area contributed by atoms with Gasteiger partial charge >= 0.3 is 0 Å². The molecule has 4 aromatic heterocycles. The zero-order chi connectivity index (χ0) is 19.6. The van der Waals surface area contributed by atoms with Gasteiger partial charge in [0.25, 0.3) is 0 Å². The minimum atomic E-state index is 0.334. The summed E-state index contributed by atoms with van der Waals surface area (Å²) in [5.41, 5.74) is 3.28. The minimum Gasteiger partial charge on any atom is -0.444 e. The van der Waals surface area contributed by atoms with E-state index >= 15 is 0 Å². The summed E-state index contributed by atoms with van der Waals surface area (Å²) in [6.07, 6.45) is 10.5. The highest BCUT2D eigenvalue weighted by atomic mass is 32.2. The van der Waals surface area contributed by atoms with Gasteiger partial charge in [0.1, 0.15) is 16.9 Å². The number of nitrogens with one attached hydrogen (secondary N) is 3. The van der Waals surface area contributed by atoms with Gasteiger partial charge in [-0.2, -0.15) is 5.26 Å². The predicted octanol–water partition coefficient (Wildman–Crippen LogP) is 3.72. The number of pyridine rings is 2. The zero-order valence-corrected chi connectivity index (χ0v) is 16.1. The number of fused-ring (bicyclic) bond motifs is 1. The van der Waals surface area contributed by atoms with Crippen LogP contribution in [0.2, 0.25) is 0 Å². The van der Waals surface area contributed by atoms with E-state index in [4.69, 9.17) is 9.68 Å². The fourth-order valence-electron chi connectivity index (χ4n) is 3.40. The second-order valence-corrected chi connectivity index (χ2v) is 7.71.